The number of nitrogens with zero attached hydrogens (tertiary/aromatic N) is 8. The van der Waals surface area contributed by atoms with Crippen LogP contribution in [0, 0.1) is 11.3 Å². The van der Waals surface area contributed by atoms with E-state index in [1.54, 1.807) is 35.8 Å². The van der Waals surface area contributed by atoms with Gasteiger partial charge in [0.05, 0.1) is 12.3 Å². The number of imidazole rings is 1. The molecule has 0 aromatic carbocycles. The van der Waals surface area contributed by atoms with E-state index < -0.39 is 5.92 Å². The maximum absolute atomic E-state index is 14.3. The maximum Gasteiger partial charge on any atom is 0.323 e. The van der Waals surface area contributed by atoms with Crippen LogP contribution in [0.25, 0.3) is 11.2 Å². The van der Waals surface area contributed by atoms with Gasteiger partial charge in [-0.1, -0.05) is 0 Å². The summed E-state index contributed by atoms with van der Waals surface area (Å²) in [5.41, 5.74) is 0.657. The number of nitriles is 1. The molecule has 4 aromatic rings. The summed E-state index contributed by atoms with van der Waals surface area (Å²) in [7, 11) is 3.29. The summed E-state index contributed by atoms with van der Waals surface area (Å²) in [6.45, 7) is 1.48. The quantitative estimate of drug-likeness (QED) is 0.353. The first-order chi connectivity index (χ1) is 19.8. The third-order valence-corrected chi connectivity index (χ3v) is 7.19. The van der Waals surface area contributed by atoms with Crippen molar-refractivity contribution in [2.24, 2.45) is 7.05 Å². The topological polar surface area (TPSA) is 148 Å². The van der Waals surface area contributed by atoms with Crippen molar-refractivity contribution in [3.05, 3.63) is 41.9 Å². The normalized spacial score (nSPS) is 17.7. The number of amides is 2. The molecule has 2 N–H and O–H groups in total. The number of likely N-dealkylation sites (tertiary alicyclic amines) is 1. The van der Waals surface area contributed by atoms with Crippen LogP contribution in [-0.4, -0.2) is 66.5 Å². The number of pyridine rings is 2. The first-order valence-corrected chi connectivity index (χ1v) is 13.0. The smallest absolute Gasteiger partial charge is 0.323 e. The summed E-state index contributed by atoms with van der Waals surface area (Å²) >= 11 is 0. The second-order valence-electron chi connectivity index (χ2n) is 9.85. The highest BCUT2D eigenvalue weighted by molar-refractivity contribution is 5.89. The number of aromatic nitrogens is 6. The number of urea groups is 1. The van der Waals surface area contributed by atoms with E-state index >= 15 is 0 Å². The molecule has 41 heavy (non-hydrogen) atoms. The highest BCUT2D eigenvalue weighted by Crippen LogP contribution is 2.38. The number of rotatable bonds is 6. The highest BCUT2D eigenvalue weighted by atomic mass is 19.3. The first kappa shape index (κ1) is 26.4. The number of carbonyl (C=O) groups is 1. The SMILES string of the molecule is CO[C@H]1CCN(C(=O)Nc2cc(Oc3cnc4nc(Nc5cc6n(n5)CCCC6(F)F)n(C)c4c3C#N)ccn2)C1. The lowest BCUT2D eigenvalue weighted by Gasteiger charge is -2.22. The Hall–Kier alpha value is -4.84. The van der Waals surface area contributed by atoms with Crippen molar-refractivity contribution in [3.63, 3.8) is 0 Å². The number of ether oxygens (including phenoxy) is 2. The van der Waals surface area contributed by atoms with Crippen molar-refractivity contribution < 1.29 is 23.0 Å². The van der Waals surface area contributed by atoms with Gasteiger partial charge in [0.15, 0.2) is 17.2 Å². The van der Waals surface area contributed by atoms with E-state index in [0.717, 1.165) is 6.42 Å². The number of halogens is 2. The lowest BCUT2D eigenvalue weighted by molar-refractivity contribution is -0.0364. The summed E-state index contributed by atoms with van der Waals surface area (Å²) in [4.78, 5) is 27.2. The number of fused-ring (bicyclic) bond motifs is 2. The van der Waals surface area contributed by atoms with E-state index in [1.165, 1.54) is 23.1 Å². The Bertz CT molecular complexity index is 1680. The van der Waals surface area contributed by atoms with Gasteiger partial charge in [-0.3, -0.25) is 10.00 Å². The van der Waals surface area contributed by atoms with Crippen molar-refractivity contribution in [2.45, 2.75) is 37.8 Å². The molecule has 0 spiro atoms. The van der Waals surface area contributed by atoms with Crippen LogP contribution >= 0.6 is 0 Å². The number of carbonyl (C=O) groups excluding carboxylic acids is 1. The summed E-state index contributed by atoms with van der Waals surface area (Å²) in [6.07, 6.45) is 3.74. The molecule has 1 saturated heterocycles. The number of nitrogens with one attached hydrogen (secondary N) is 2. The molecular weight excluding hydrogens is 538 g/mol. The molecule has 0 radical (unpaired) electrons. The Morgan fingerprint density at radius 2 is 2.10 bits per heavy atom. The van der Waals surface area contributed by atoms with Crippen LogP contribution in [-0.2, 0) is 24.3 Å². The van der Waals surface area contributed by atoms with Crippen LogP contribution in [0.4, 0.5) is 31.2 Å². The fourth-order valence-electron chi connectivity index (χ4n) is 5.05. The monoisotopic (exact) mass is 564 g/mol. The number of anilines is 3. The van der Waals surface area contributed by atoms with E-state index in [2.05, 4.69) is 36.8 Å². The third kappa shape index (κ3) is 4.97. The molecule has 0 unspecified atom stereocenters. The van der Waals surface area contributed by atoms with Gasteiger partial charge < -0.3 is 24.3 Å². The minimum atomic E-state index is -2.95. The summed E-state index contributed by atoms with van der Waals surface area (Å²) in [5, 5.41) is 20.0. The van der Waals surface area contributed by atoms with Crippen LogP contribution in [0.2, 0.25) is 0 Å². The number of hydrogen-bond acceptors (Lipinski definition) is 9. The molecule has 15 heteroatoms. The Morgan fingerprint density at radius 3 is 2.85 bits per heavy atom. The summed E-state index contributed by atoms with van der Waals surface area (Å²) in [6, 6.07) is 6.29. The Morgan fingerprint density at radius 1 is 1.24 bits per heavy atom. The predicted molar refractivity (Wildman–Crippen MR) is 142 cm³/mol. The van der Waals surface area contributed by atoms with Gasteiger partial charge in [-0.15, -0.1) is 0 Å². The molecule has 212 valence electrons. The molecule has 0 aliphatic carbocycles. The third-order valence-electron chi connectivity index (χ3n) is 7.19. The molecule has 0 saturated carbocycles. The minimum Gasteiger partial charge on any atom is -0.454 e. The second-order valence-corrected chi connectivity index (χ2v) is 9.85. The molecule has 2 aliphatic rings. The van der Waals surface area contributed by atoms with Gasteiger partial charge in [-0.25, -0.2) is 14.8 Å². The van der Waals surface area contributed by atoms with E-state index in [0.29, 0.717) is 37.3 Å². The average molecular weight is 565 g/mol. The Balaban J connectivity index is 1.23. The molecule has 0 bridgehead atoms. The van der Waals surface area contributed by atoms with Gasteiger partial charge in [0.2, 0.25) is 5.95 Å². The fraction of sp³-hybridized carbons (Fsp3) is 0.385. The lowest BCUT2D eigenvalue weighted by atomic mass is 10.1. The van der Waals surface area contributed by atoms with E-state index in [9.17, 15) is 18.8 Å². The number of aryl methyl sites for hydroxylation is 2. The van der Waals surface area contributed by atoms with Crippen LogP contribution in [0.5, 0.6) is 11.5 Å². The highest BCUT2D eigenvalue weighted by Gasteiger charge is 2.38. The van der Waals surface area contributed by atoms with Crippen LogP contribution < -0.4 is 15.4 Å². The van der Waals surface area contributed by atoms with Crippen molar-refractivity contribution in [3.8, 4) is 17.6 Å². The van der Waals surface area contributed by atoms with Crippen molar-refractivity contribution in [1.29, 1.82) is 5.26 Å². The molecule has 1 fully saturated rings. The average Bonchev–Trinajstić information content (AvgIpc) is 3.67. The summed E-state index contributed by atoms with van der Waals surface area (Å²) in [5.74, 6) is -1.69. The minimum absolute atomic E-state index is 0.00725. The van der Waals surface area contributed by atoms with Crippen LogP contribution in [0.3, 0.4) is 0 Å². The van der Waals surface area contributed by atoms with Crippen molar-refractivity contribution >= 4 is 34.8 Å². The first-order valence-electron chi connectivity index (χ1n) is 13.0. The number of hydrogen-bond donors (Lipinski definition) is 2. The van der Waals surface area contributed by atoms with Crippen molar-refractivity contribution in [2.75, 3.05) is 30.8 Å². The van der Waals surface area contributed by atoms with E-state index in [4.69, 9.17) is 9.47 Å². The molecule has 13 nitrogen and oxygen atoms in total. The Labute approximate surface area is 232 Å². The molecule has 4 aromatic heterocycles. The van der Waals surface area contributed by atoms with Gasteiger partial charge in [-0.05, 0) is 18.9 Å². The summed E-state index contributed by atoms with van der Waals surface area (Å²) < 4.78 is 42.8. The molecule has 2 amide bonds. The van der Waals surface area contributed by atoms with E-state index in [-0.39, 0.29) is 58.8 Å². The fourth-order valence-corrected chi connectivity index (χ4v) is 5.05. The zero-order chi connectivity index (χ0) is 28.7. The largest absolute Gasteiger partial charge is 0.454 e. The predicted octanol–water partition coefficient (Wildman–Crippen LogP) is 4.11. The second kappa shape index (κ2) is 10.3. The van der Waals surface area contributed by atoms with Crippen LogP contribution in [0.15, 0.2) is 30.6 Å². The van der Waals surface area contributed by atoms with Gasteiger partial charge in [0, 0.05) is 58.5 Å². The van der Waals surface area contributed by atoms with Crippen molar-refractivity contribution in [1.82, 2.24) is 34.2 Å². The van der Waals surface area contributed by atoms with Gasteiger partial charge >= 0.3 is 6.03 Å². The molecule has 6 heterocycles. The molecule has 6 rings (SSSR count). The molecule has 2 aliphatic heterocycles. The van der Waals surface area contributed by atoms with Gasteiger partial charge in [0.25, 0.3) is 5.92 Å². The van der Waals surface area contributed by atoms with Crippen LogP contribution in [0.1, 0.15) is 30.5 Å². The van der Waals surface area contributed by atoms with Gasteiger partial charge in [-0.2, -0.15) is 24.1 Å². The lowest BCUT2D eigenvalue weighted by Crippen LogP contribution is -2.34. The number of methoxy groups -OCH3 is 1. The van der Waals surface area contributed by atoms with Gasteiger partial charge in [0.1, 0.15) is 34.4 Å². The maximum atomic E-state index is 14.3. The number of alkyl halides is 2. The molecular formula is C26H26F2N10O3. The zero-order valence-electron chi connectivity index (χ0n) is 22.3. The van der Waals surface area contributed by atoms with E-state index in [1.807, 2.05) is 0 Å². The molecule has 1 atom stereocenters. The zero-order valence-corrected chi connectivity index (χ0v) is 22.3. The Kier molecular flexibility index (Phi) is 6.62. The standard InChI is InChI=1S/C26H26F2N10O3/c1-36-22-17(12-29)18(41-15-4-7-30-20(10-15)33-25(39)37-9-5-16(14-37)40-2)13-31-23(22)34-24(36)32-21-11-19-26(27,28)6-3-8-38(19)35-21/h4,7,10-11,13,16H,3,5-6,8-9,14H2,1-2H3,(H,30,33,39)(H,31,32,34,35)/t16-/m0/s1.